The van der Waals surface area contributed by atoms with Gasteiger partial charge in [-0.2, -0.15) is 5.26 Å². The van der Waals surface area contributed by atoms with Crippen LogP contribution in [0.25, 0.3) is 6.08 Å². The van der Waals surface area contributed by atoms with E-state index in [-0.39, 0.29) is 12.2 Å². The van der Waals surface area contributed by atoms with Gasteiger partial charge in [0.1, 0.15) is 42.1 Å². The Labute approximate surface area is 247 Å². The first kappa shape index (κ1) is 28.8. The number of nitrogens with one attached hydrogen (secondary N) is 1. The average molecular weight is 594 g/mol. The summed E-state index contributed by atoms with van der Waals surface area (Å²) in [5.74, 6) is 1.02. The highest BCUT2D eigenvalue weighted by atomic mass is 35.5. The number of ether oxygens (including phenoxy) is 3. The van der Waals surface area contributed by atoms with Gasteiger partial charge in [0.15, 0.2) is 0 Å². The van der Waals surface area contributed by atoms with Crippen molar-refractivity contribution in [3.63, 3.8) is 0 Å². The Morgan fingerprint density at radius 3 is 2.23 bits per heavy atom. The van der Waals surface area contributed by atoms with Gasteiger partial charge in [0.2, 0.25) is 0 Å². The predicted octanol–water partition coefficient (Wildman–Crippen LogP) is 8.36. The van der Waals surface area contributed by atoms with Crippen molar-refractivity contribution in [3.05, 3.63) is 122 Å². The average Bonchev–Trinajstić information content (AvgIpc) is 2.96. The summed E-state index contributed by atoms with van der Waals surface area (Å²) in [7, 11) is 1.53. The summed E-state index contributed by atoms with van der Waals surface area (Å²) in [6, 6.07) is 26.4. The van der Waals surface area contributed by atoms with Crippen LogP contribution in [0.5, 0.6) is 17.2 Å². The van der Waals surface area contributed by atoms with E-state index in [0.717, 1.165) is 11.1 Å². The molecule has 0 heterocycles. The molecule has 0 aliphatic carbocycles. The van der Waals surface area contributed by atoms with E-state index in [4.69, 9.17) is 49.0 Å². The number of nitriles is 1. The largest absolute Gasteiger partial charge is 0.497 e. The molecule has 40 heavy (non-hydrogen) atoms. The maximum atomic E-state index is 12.9. The van der Waals surface area contributed by atoms with Crippen molar-refractivity contribution in [2.75, 3.05) is 12.4 Å². The van der Waals surface area contributed by atoms with Gasteiger partial charge in [0.05, 0.1) is 7.11 Å². The van der Waals surface area contributed by atoms with E-state index in [1.165, 1.54) is 13.2 Å². The number of halogens is 3. The molecular weight excluding hydrogens is 571 g/mol. The van der Waals surface area contributed by atoms with Crippen LogP contribution in [0.15, 0.2) is 90.5 Å². The molecule has 0 aromatic heterocycles. The van der Waals surface area contributed by atoms with E-state index in [9.17, 15) is 10.1 Å². The van der Waals surface area contributed by atoms with Gasteiger partial charge in [0, 0.05) is 37.9 Å². The van der Waals surface area contributed by atoms with Crippen LogP contribution in [0.1, 0.15) is 16.7 Å². The molecule has 0 fully saturated rings. The second-order valence-corrected chi connectivity index (χ2v) is 9.77. The number of nitrogens with zero attached hydrogens (tertiary/aromatic N) is 1. The zero-order valence-corrected chi connectivity index (χ0v) is 23.6. The van der Waals surface area contributed by atoms with Crippen molar-refractivity contribution < 1.29 is 19.0 Å². The monoisotopic (exact) mass is 592 g/mol. The van der Waals surface area contributed by atoms with Crippen molar-refractivity contribution in [3.8, 4) is 23.3 Å². The molecule has 0 aliphatic rings. The van der Waals surface area contributed by atoms with Crippen LogP contribution in [-0.4, -0.2) is 13.0 Å². The third-order valence-electron chi connectivity index (χ3n) is 5.71. The van der Waals surface area contributed by atoms with Gasteiger partial charge in [-0.3, -0.25) is 4.79 Å². The molecule has 4 aromatic rings. The molecule has 0 spiro atoms. The predicted molar refractivity (Wildman–Crippen MR) is 158 cm³/mol. The van der Waals surface area contributed by atoms with Gasteiger partial charge in [-0.25, -0.2) is 0 Å². The van der Waals surface area contributed by atoms with Crippen molar-refractivity contribution in [1.82, 2.24) is 0 Å². The Morgan fingerprint density at radius 2 is 1.55 bits per heavy atom. The molecule has 0 saturated heterocycles. The van der Waals surface area contributed by atoms with E-state index in [1.54, 1.807) is 72.8 Å². The molecule has 9 heteroatoms. The molecule has 0 radical (unpaired) electrons. The van der Waals surface area contributed by atoms with Gasteiger partial charge in [-0.15, -0.1) is 0 Å². The van der Waals surface area contributed by atoms with Gasteiger partial charge in [0.25, 0.3) is 5.91 Å². The number of hydrogen-bond acceptors (Lipinski definition) is 5. The molecular formula is C31H23Cl3N2O4. The molecule has 0 aliphatic heterocycles. The summed E-state index contributed by atoms with van der Waals surface area (Å²) in [6.07, 6.45) is 1.46. The van der Waals surface area contributed by atoms with E-state index in [1.807, 2.05) is 18.2 Å². The fourth-order valence-electron chi connectivity index (χ4n) is 3.56. The SMILES string of the molecule is COc1ccc(/C=C(\C#N)C(=O)Nc2ccc(OCc3ccc(Cl)cc3)cc2)c(OCc2ccc(Cl)cc2Cl)c1. The van der Waals surface area contributed by atoms with E-state index < -0.39 is 5.91 Å². The number of hydrogen-bond donors (Lipinski definition) is 1. The highest BCUT2D eigenvalue weighted by Crippen LogP contribution is 2.29. The molecule has 4 aromatic carbocycles. The number of carbonyl (C=O) groups is 1. The lowest BCUT2D eigenvalue weighted by molar-refractivity contribution is -0.112. The van der Waals surface area contributed by atoms with Gasteiger partial charge in [-0.05, 0) is 72.3 Å². The maximum absolute atomic E-state index is 12.9. The molecule has 1 N–H and O–H groups in total. The number of methoxy groups -OCH3 is 1. The van der Waals surface area contributed by atoms with Crippen molar-refractivity contribution >= 4 is 52.5 Å². The third-order valence-corrected chi connectivity index (χ3v) is 6.55. The molecule has 1 amide bonds. The summed E-state index contributed by atoms with van der Waals surface area (Å²) in [5.41, 5.74) is 2.62. The van der Waals surface area contributed by atoms with Crippen molar-refractivity contribution in [1.29, 1.82) is 5.26 Å². The van der Waals surface area contributed by atoms with Gasteiger partial charge in [-0.1, -0.05) is 53.0 Å². The lowest BCUT2D eigenvalue weighted by Gasteiger charge is -2.13. The van der Waals surface area contributed by atoms with E-state index in [0.29, 0.717) is 50.2 Å². The molecule has 0 unspecified atom stereocenters. The zero-order valence-electron chi connectivity index (χ0n) is 21.3. The maximum Gasteiger partial charge on any atom is 0.266 e. The fraction of sp³-hybridized carbons (Fsp3) is 0.0968. The molecule has 0 saturated carbocycles. The molecule has 202 valence electrons. The lowest BCUT2D eigenvalue weighted by Crippen LogP contribution is -2.13. The molecule has 0 atom stereocenters. The standard InChI is InChI=1S/C31H23Cl3N2O4/c1-38-28-11-5-21(30(16-28)40-19-22-4-8-25(33)15-29(22)34)14-23(17-35)31(37)36-26-9-12-27(13-10-26)39-18-20-2-6-24(32)7-3-20/h2-16H,18-19H2,1H3,(H,36,37)/b23-14+. The number of amides is 1. The van der Waals surface area contributed by atoms with Crippen LogP contribution in [0.4, 0.5) is 5.69 Å². The second-order valence-electron chi connectivity index (χ2n) is 8.49. The minimum atomic E-state index is -0.570. The Kier molecular flexibility index (Phi) is 9.93. The summed E-state index contributed by atoms with van der Waals surface area (Å²) in [6.45, 7) is 0.519. The molecule has 4 rings (SSSR count). The Balaban J connectivity index is 1.45. The van der Waals surface area contributed by atoms with Crippen molar-refractivity contribution in [2.24, 2.45) is 0 Å². The molecule has 6 nitrogen and oxygen atoms in total. The number of anilines is 1. The Bertz CT molecular complexity index is 1560. The highest BCUT2D eigenvalue weighted by molar-refractivity contribution is 6.35. The minimum absolute atomic E-state index is 0.109. The Morgan fingerprint density at radius 1 is 0.850 bits per heavy atom. The Hall–Kier alpha value is -4.15. The summed E-state index contributed by atoms with van der Waals surface area (Å²) < 4.78 is 17.1. The van der Waals surface area contributed by atoms with Gasteiger partial charge < -0.3 is 19.5 Å². The first-order chi connectivity index (χ1) is 19.3. The van der Waals surface area contributed by atoms with Gasteiger partial charge >= 0.3 is 0 Å². The molecule has 0 bridgehead atoms. The normalized spacial score (nSPS) is 10.9. The fourth-order valence-corrected chi connectivity index (χ4v) is 4.15. The first-order valence-electron chi connectivity index (χ1n) is 12.0. The van der Waals surface area contributed by atoms with Crippen LogP contribution in [0.3, 0.4) is 0 Å². The summed E-state index contributed by atoms with van der Waals surface area (Å²) in [4.78, 5) is 12.9. The van der Waals surface area contributed by atoms with Crippen LogP contribution >= 0.6 is 34.8 Å². The van der Waals surface area contributed by atoms with E-state index >= 15 is 0 Å². The lowest BCUT2D eigenvalue weighted by atomic mass is 10.1. The highest BCUT2D eigenvalue weighted by Gasteiger charge is 2.13. The number of carbonyl (C=O) groups excluding carboxylic acids is 1. The number of rotatable bonds is 10. The van der Waals surface area contributed by atoms with E-state index in [2.05, 4.69) is 5.32 Å². The zero-order chi connectivity index (χ0) is 28.5. The number of benzene rings is 4. The van der Waals surface area contributed by atoms with Crippen molar-refractivity contribution in [2.45, 2.75) is 13.2 Å². The second kappa shape index (κ2) is 13.8. The van der Waals surface area contributed by atoms with Crippen LogP contribution in [0.2, 0.25) is 15.1 Å². The van der Waals surface area contributed by atoms with Crippen LogP contribution in [0, 0.1) is 11.3 Å². The van der Waals surface area contributed by atoms with Crippen LogP contribution < -0.4 is 19.5 Å². The quantitative estimate of drug-likeness (QED) is 0.148. The first-order valence-corrected chi connectivity index (χ1v) is 13.1. The summed E-state index contributed by atoms with van der Waals surface area (Å²) in [5, 5.41) is 14.1. The smallest absolute Gasteiger partial charge is 0.266 e. The minimum Gasteiger partial charge on any atom is -0.497 e. The summed E-state index contributed by atoms with van der Waals surface area (Å²) >= 11 is 18.2. The van der Waals surface area contributed by atoms with Crippen LogP contribution in [-0.2, 0) is 18.0 Å². The third kappa shape index (κ3) is 7.93. The topological polar surface area (TPSA) is 80.6 Å².